The van der Waals surface area contributed by atoms with Gasteiger partial charge in [-0.15, -0.1) is 0 Å². The Hall–Kier alpha value is -1.51. The number of rotatable bonds is 2. The summed E-state index contributed by atoms with van der Waals surface area (Å²) in [4.78, 5) is 0. The largest absolute Gasteiger partial charge is 0.486 e. The van der Waals surface area contributed by atoms with E-state index in [1.807, 2.05) is 12.1 Å². The van der Waals surface area contributed by atoms with Gasteiger partial charge in [-0.1, -0.05) is 48.0 Å². The number of benzene rings is 2. The molecule has 2 atom stereocenters. The molecule has 3 heteroatoms. The Morgan fingerprint density at radius 3 is 2.83 bits per heavy atom. The Morgan fingerprint density at radius 1 is 1.09 bits per heavy atom. The SMILES string of the molecule is Clc1ccc2c(c1)OC1(CCCNCC1)C2Cc1ccccc1. The molecule has 4 rings (SSSR count). The highest BCUT2D eigenvalue weighted by Gasteiger charge is 2.47. The van der Waals surface area contributed by atoms with Gasteiger partial charge in [-0.2, -0.15) is 0 Å². The van der Waals surface area contributed by atoms with Crippen molar-refractivity contribution in [2.75, 3.05) is 13.1 Å². The van der Waals surface area contributed by atoms with Crippen LogP contribution >= 0.6 is 11.6 Å². The first-order valence-corrected chi connectivity index (χ1v) is 8.88. The van der Waals surface area contributed by atoms with Crippen LogP contribution in [0.1, 0.15) is 36.3 Å². The van der Waals surface area contributed by atoms with Crippen LogP contribution in [-0.4, -0.2) is 18.7 Å². The van der Waals surface area contributed by atoms with Crippen molar-refractivity contribution in [3.63, 3.8) is 0 Å². The van der Waals surface area contributed by atoms with Crippen LogP contribution < -0.4 is 10.1 Å². The lowest BCUT2D eigenvalue weighted by molar-refractivity contribution is 0.0545. The minimum atomic E-state index is -0.0909. The average Bonchev–Trinajstić information content (AvgIpc) is 2.71. The zero-order chi connectivity index (χ0) is 15.7. The fraction of sp³-hybridized carbons (Fsp3) is 0.400. The van der Waals surface area contributed by atoms with Crippen molar-refractivity contribution in [3.8, 4) is 5.75 Å². The number of nitrogens with one attached hydrogen (secondary N) is 1. The number of fused-ring (bicyclic) bond motifs is 1. The van der Waals surface area contributed by atoms with E-state index in [4.69, 9.17) is 16.3 Å². The van der Waals surface area contributed by atoms with Crippen molar-refractivity contribution in [3.05, 3.63) is 64.7 Å². The summed E-state index contributed by atoms with van der Waals surface area (Å²) in [5.74, 6) is 1.39. The second-order valence-corrected chi connectivity index (χ2v) is 7.13. The van der Waals surface area contributed by atoms with E-state index in [2.05, 4.69) is 41.7 Å². The van der Waals surface area contributed by atoms with Crippen LogP contribution in [0, 0.1) is 0 Å². The Labute approximate surface area is 142 Å². The highest BCUT2D eigenvalue weighted by atomic mass is 35.5. The molecule has 2 aromatic carbocycles. The molecule has 2 unspecified atom stereocenters. The molecule has 1 saturated heterocycles. The van der Waals surface area contributed by atoms with Crippen LogP contribution in [0.4, 0.5) is 0 Å². The Balaban J connectivity index is 1.73. The summed E-state index contributed by atoms with van der Waals surface area (Å²) in [6.07, 6.45) is 4.34. The maximum atomic E-state index is 6.56. The molecule has 0 saturated carbocycles. The molecule has 2 nitrogen and oxygen atoms in total. The highest BCUT2D eigenvalue weighted by molar-refractivity contribution is 6.30. The molecule has 1 N–H and O–H groups in total. The molecule has 2 heterocycles. The van der Waals surface area contributed by atoms with Crippen molar-refractivity contribution in [2.45, 2.75) is 37.2 Å². The summed E-state index contributed by atoms with van der Waals surface area (Å²) in [6.45, 7) is 2.10. The van der Waals surface area contributed by atoms with Gasteiger partial charge in [0.05, 0.1) is 0 Å². The molecule has 2 aliphatic heterocycles. The minimum Gasteiger partial charge on any atom is -0.486 e. The lowest BCUT2D eigenvalue weighted by Crippen LogP contribution is -2.39. The van der Waals surface area contributed by atoms with Gasteiger partial charge >= 0.3 is 0 Å². The Kier molecular flexibility index (Phi) is 4.04. The van der Waals surface area contributed by atoms with E-state index >= 15 is 0 Å². The standard InChI is InChI=1S/C20H22ClNO/c21-16-7-8-17-18(13-15-5-2-1-3-6-15)20(23-19(17)14-16)9-4-11-22-12-10-20/h1-3,5-8,14,18,22H,4,9-13H2. The van der Waals surface area contributed by atoms with Crippen molar-refractivity contribution in [1.82, 2.24) is 5.32 Å². The third-order valence-electron chi connectivity index (χ3n) is 5.26. The third kappa shape index (κ3) is 2.86. The fourth-order valence-electron chi connectivity index (χ4n) is 4.12. The fourth-order valence-corrected chi connectivity index (χ4v) is 4.28. The maximum Gasteiger partial charge on any atom is 0.125 e. The van der Waals surface area contributed by atoms with Gasteiger partial charge in [-0.05, 0) is 50.0 Å². The highest BCUT2D eigenvalue weighted by Crippen LogP contribution is 2.51. The van der Waals surface area contributed by atoms with Crippen molar-refractivity contribution >= 4 is 11.6 Å². The molecule has 120 valence electrons. The summed E-state index contributed by atoms with van der Waals surface area (Å²) in [5.41, 5.74) is 2.60. The van der Waals surface area contributed by atoms with Crippen molar-refractivity contribution in [2.24, 2.45) is 0 Å². The van der Waals surface area contributed by atoms with Gasteiger partial charge in [0.2, 0.25) is 0 Å². The number of hydrogen-bond acceptors (Lipinski definition) is 2. The normalized spacial score (nSPS) is 26.6. The Morgan fingerprint density at radius 2 is 1.96 bits per heavy atom. The lowest BCUT2D eigenvalue weighted by Gasteiger charge is -2.34. The van der Waals surface area contributed by atoms with Crippen LogP contribution in [-0.2, 0) is 6.42 Å². The molecule has 0 aromatic heterocycles. The molecule has 1 spiro atoms. The monoisotopic (exact) mass is 327 g/mol. The molecule has 0 aliphatic carbocycles. The summed E-state index contributed by atoms with van der Waals surface area (Å²) in [7, 11) is 0. The van der Waals surface area contributed by atoms with Gasteiger partial charge in [0.1, 0.15) is 11.4 Å². The topological polar surface area (TPSA) is 21.3 Å². The summed E-state index contributed by atoms with van der Waals surface area (Å²) < 4.78 is 6.56. The molecule has 0 amide bonds. The number of halogens is 1. The summed E-state index contributed by atoms with van der Waals surface area (Å²) >= 11 is 6.20. The average molecular weight is 328 g/mol. The van der Waals surface area contributed by atoms with Crippen LogP contribution in [0.5, 0.6) is 5.75 Å². The van der Waals surface area contributed by atoms with E-state index in [9.17, 15) is 0 Å². The van der Waals surface area contributed by atoms with Gasteiger partial charge in [-0.3, -0.25) is 0 Å². The van der Waals surface area contributed by atoms with Gasteiger partial charge in [-0.25, -0.2) is 0 Å². The minimum absolute atomic E-state index is 0.0909. The van der Waals surface area contributed by atoms with E-state index in [-0.39, 0.29) is 5.60 Å². The Bertz CT molecular complexity index is 677. The first-order chi connectivity index (χ1) is 11.3. The lowest BCUT2D eigenvalue weighted by atomic mass is 9.76. The summed E-state index contributed by atoms with van der Waals surface area (Å²) in [5, 5.41) is 4.27. The van der Waals surface area contributed by atoms with Crippen LogP contribution in [0.15, 0.2) is 48.5 Å². The van der Waals surface area contributed by atoms with Gasteiger partial charge in [0.15, 0.2) is 0 Å². The predicted molar refractivity (Wildman–Crippen MR) is 94.4 cm³/mol. The second kappa shape index (κ2) is 6.18. The van der Waals surface area contributed by atoms with E-state index in [0.29, 0.717) is 5.92 Å². The molecule has 0 bridgehead atoms. The van der Waals surface area contributed by atoms with Crippen molar-refractivity contribution in [1.29, 1.82) is 0 Å². The molecular formula is C20H22ClNO. The molecule has 23 heavy (non-hydrogen) atoms. The van der Waals surface area contributed by atoms with Crippen LogP contribution in [0.25, 0.3) is 0 Å². The zero-order valence-electron chi connectivity index (χ0n) is 13.2. The predicted octanol–water partition coefficient (Wildman–Crippen LogP) is 4.57. The molecule has 2 aliphatic rings. The first-order valence-electron chi connectivity index (χ1n) is 8.50. The number of hydrogen-bond donors (Lipinski definition) is 1. The van der Waals surface area contributed by atoms with E-state index in [1.54, 1.807) is 0 Å². The quantitative estimate of drug-likeness (QED) is 0.872. The molecular weight excluding hydrogens is 306 g/mol. The summed E-state index contributed by atoms with van der Waals surface area (Å²) in [6, 6.07) is 16.9. The molecule has 2 aromatic rings. The van der Waals surface area contributed by atoms with Crippen molar-refractivity contribution < 1.29 is 4.74 Å². The maximum absolute atomic E-state index is 6.56. The first kappa shape index (κ1) is 15.0. The van der Waals surface area contributed by atoms with Crippen LogP contribution in [0.2, 0.25) is 5.02 Å². The molecule has 1 fully saturated rings. The van der Waals surface area contributed by atoms with E-state index in [0.717, 1.165) is 49.5 Å². The molecule has 0 radical (unpaired) electrons. The van der Waals surface area contributed by atoms with Gasteiger partial charge < -0.3 is 10.1 Å². The van der Waals surface area contributed by atoms with Crippen LogP contribution in [0.3, 0.4) is 0 Å². The second-order valence-electron chi connectivity index (χ2n) is 6.69. The zero-order valence-corrected chi connectivity index (χ0v) is 14.0. The number of ether oxygens (including phenoxy) is 1. The van der Waals surface area contributed by atoms with E-state index in [1.165, 1.54) is 11.1 Å². The third-order valence-corrected chi connectivity index (χ3v) is 5.50. The van der Waals surface area contributed by atoms with Gasteiger partial charge in [0.25, 0.3) is 0 Å². The van der Waals surface area contributed by atoms with E-state index < -0.39 is 0 Å². The smallest absolute Gasteiger partial charge is 0.125 e. The van der Waals surface area contributed by atoms with Gasteiger partial charge in [0, 0.05) is 22.9 Å².